The van der Waals surface area contributed by atoms with Gasteiger partial charge in [0.1, 0.15) is 0 Å². The van der Waals surface area contributed by atoms with Crippen molar-refractivity contribution >= 4 is 0 Å². The first-order valence-corrected chi connectivity index (χ1v) is 48.2. The molecule has 1 aliphatic carbocycles. The zero-order chi connectivity index (χ0) is 93.1. The van der Waals surface area contributed by atoms with Gasteiger partial charge < -0.3 is 0 Å². The Hall–Kier alpha value is -15.6. The van der Waals surface area contributed by atoms with Crippen LogP contribution in [0.1, 0.15) is 157 Å². The molecule has 2 unspecified atom stereocenters. The van der Waals surface area contributed by atoms with E-state index in [0.29, 0.717) is 0 Å². The van der Waals surface area contributed by atoms with Crippen molar-refractivity contribution in [3.05, 3.63) is 607 Å². The topological polar surface area (TPSA) is 0 Å². The molecule has 0 aliphatic heterocycles. The minimum absolute atomic E-state index is 0.0184. The average molecular weight is 1750 g/mol. The predicted octanol–water partition coefficient (Wildman–Crippen LogP) is 36.0. The summed E-state index contributed by atoms with van der Waals surface area (Å²) in [6.45, 7) is 22.0. The van der Waals surface area contributed by atoms with Crippen LogP contribution in [0, 0.1) is 69.2 Å². The van der Waals surface area contributed by atoms with Crippen molar-refractivity contribution in [1.82, 2.24) is 0 Å². The number of hydrogen-bond acceptors (Lipinski definition) is 0. The van der Waals surface area contributed by atoms with Crippen LogP contribution in [0.3, 0.4) is 0 Å². The SMILES string of the molecule is Cc1ccc(-c2cc(-c3ccc(C)cc3)cc(-c3ccc(C)cc3)c2)cc1.Cc1ccc(-c2ccc(C(c3ccc(-c4ccc(C(c5ccccc5)c5ccccc5)cc4)cc3)c3ccc(-c4cc(C)c(-c5ccc(C(c6ccc(-c7ccc(C)cc7)cc6)c6ccc(-c7ccc(C(c8ccccc8)c8ccccc8)cc7)cc6)cc5C)cc4C)c(C)c3)cc2)cc1.Cc1ccc2c(c1)CC2. The molecule has 21 rings (SSSR count). The van der Waals surface area contributed by atoms with Crippen LogP contribution in [0.25, 0.3) is 100 Å². The van der Waals surface area contributed by atoms with Crippen molar-refractivity contribution < 1.29 is 0 Å². The quantitative estimate of drug-likeness (QED) is 0.0629. The van der Waals surface area contributed by atoms with Gasteiger partial charge in [-0.15, -0.1) is 0 Å². The average Bonchev–Trinajstić information content (AvgIpc) is 0.764. The number of hydrogen-bond donors (Lipinski definition) is 0. The van der Waals surface area contributed by atoms with E-state index in [9.17, 15) is 0 Å². The van der Waals surface area contributed by atoms with Crippen LogP contribution < -0.4 is 0 Å². The Morgan fingerprint density at radius 3 is 0.515 bits per heavy atom. The summed E-state index contributed by atoms with van der Waals surface area (Å²) < 4.78 is 0. The van der Waals surface area contributed by atoms with Gasteiger partial charge in [-0.05, 0) is 301 Å². The summed E-state index contributed by atoms with van der Waals surface area (Å²) in [6, 6.07) is 176. The Morgan fingerprint density at radius 2 is 0.309 bits per heavy atom. The van der Waals surface area contributed by atoms with E-state index < -0.39 is 0 Å². The molecule has 0 aromatic heterocycles. The fourth-order valence-corrected chi connectivity index (χ4v) is 20.0. The van der Waals surface area contributed by atoms with E-state index in [-0.39, 0.29) is 23.7 Å². The molecule has 0 amide bonds. The molecule has 0 radical (unpaired) electrons. The third kappa shape index (κ3) is 20.5. The normalized spacial score (nSPS) is 11.9. The number of benzene rings is 20. The summed E-state index contributed by atoms with van der Waals surface area (Å²) in [7, 11) is 0. The van der Waals surface area contributed by atoms with Crippen molar-refractivity contribution in [1.29, 1.82) is 0 Å². The van der Waals surface area contributed by atoms with Crippen LogP contribution in [0.2, 0.25) is 0 Å². The Bertz CT molecular complexity index is 6890. The largest absolute Gasteiger partial charge is 0.0622 e. The molecule has 0 heteroatoms. The molecular weight excluding hydrogens is 1630 g/mol. The maximum absolute atomic E-state index is 2.44. The molecule has 0 spiro atoms. The van der Waals surface area contributed by atoms with Crippen molar-refractivity contribution in [2.45, 2.75) is 106 Å². The molecule has 136 heavy (non-hydrogen) atoms. The van der Waals surface area contributed by atoms with Gasteiger partial charge >= 0.3 is 0 Å². The summed E-state index contributed by atoms with van der Waals surface area (Å²) in [5.41, 5.74) is 53.5. The molecule has 2 atom stereocenters. The van der Waals surface area contributed by atoms with Gasteiger partial charge in [-0.25, -0.2) is 0 Å². The fraction of sp³-hybridized carbons (Fsp3) is 0.118. The molecule has 0 nitrogen and oxygen atoms in total. The van der Waals surface area contributed by atoms with E-state index >= 15 is 0 Å². The van der Waals surface area contributed by atoms with Gasteiger partial charge in [-0.3, -0.25) is 0 Å². The van der Waals surface area contributed by atoms with Gasteiger partial charge in [-0.2, -0.15) is 0 Å². The van der Waals surface area contributed by atoms with Crippen LogP contribution >= 0.6 is 0 Å². The Labute approximate surface area is 806 Å². The first kappa shape index (κ1) is 89.6. The highest BCUT2D eigenvalue weighted by Crippen LogP contribution is 2.45. The molecule has 1 aliphatic rings. The predicted molar refractivity (Wildman–Crippen MR) is 578 cm³/mol. The van der Waals surface area contributed by atoms with Crippen molar-refractivity contribution in [2.75, 3.05) is 0 Å². The zero-order valence-corrected chi connectivity index (χ0v) is 79.8. The molecule has 0 saturated heterocycles. The molecular formula is C136H116. The Morgan fingerprint density at radius 1 is 0.125 bits per heavy atom. The van der Waals surface area contributed by atoms with E-state index in [4.69, 9.17) is 0 Å². The smallest absolute Gasteiger partial charge is 0.0340 e. The van der Waals surface area contributed by atoms with Crippen LogP contribution in [0.5, 0.6) is 0 Å². The van der Waals surface area contributed by atoms with Crippen LogP contribution in [-0.4, -0.2) is 0 Å². The Balaban J connectivity index is 0.000000271. The van der Waals surface area contributed by atoms with Gasteiger partial charge in [0.2, 0.25) is 0 Å². The lowest BCUT2D eigenvalue weighted by Gasteiger charge is -2.23. The summed E-state index contributed by atoms with van der Waals surface area (Å²) >= 11 is 0. The first-order valence-electron chi connectivity index (χ1n) is 48.2. The standard InChI is InChI=1S/C100H82.C27H24.C9H10/c1-67-27-31-73(32-28-67)75-39-51-87(52-40-75)99(89-55-43-79(44-56-89)77-35-47-85(48-36-77)97(81-19-11-7-12-20-81)82-21-13-8-14-22-82)91-59-61-93(69(3)63-91)95-65-72(6)96(66-71(95)5)94-62-60-92(64-70(94)4)100(88-53-41-76(42-54-88)74-33-29-68(2)30-34-74)90-57-45-80(46-58-90)78-37-49-86(50-38-78)98(83-23-15-9-16-24-83)84-25-17-10-18-26-84;1-19-4-10-22(11-5-19)25-16-26(23-12-6-20(2)7-13-23)18-27(17-25)24-14-8-21(3)9-15-24;1-7-2-3-8-4-5-9(8)6-7/h7-66,97-100H,1-6H3;4-18H,1-3H3;2-3,6H,4-5H2,1H3. The highest BCUT2D eigenvalue weighted by molar-refractivity contribution is 5.83. The molecule has 0 heterocycles. The maximum atomic E-state index is 2.44. The number of rotatable bonds is 21. The number of fused-ring (bicyclic) bond motifs is 1. The molecule has 0 saturated carbocycles. The summed E-state index contributed by atoms with van der Waals surface area (Å²) in [6.07, 6.45) is 2.60. The van der Waals surface area contributed by atoms with Crippen LogP contribution in [0.4, 0.5) is 0 Å². The zero-order valence-electron chi connectivity index (χ0n) is 79.8. The summed E-state index contributed by atoms with van der Waals surface area (Å²) in [5, 5.41) is 0. The minimum Gasteiger partial charge on any atom is -0.0622 e. The third-order valence-electron chi connectivity index (χ3n) is 27.9. The maximum Gasteiger partial charge on any atom is 0.0340 e. The molecule has 0 bridgehead atoms. The summed E-state index contributed by atoms with van der Waals surface area (Å²) in [5.74, 6) is 0.345. The van der Waals surface area contributed by atoms with E-state index in [2.05, 4.69) is 542 Å². The molecule has 0 N–H and O–H groups in total. The molecule has 0 fully saturated rings. The molecule has 20 aromatic carbocycles. The van der Waals surface area contributed by atoms with Crippen molar-refractivity contribution in [3.63, 3.8) is 0 Å². The van der Waals surface area contributed by atoms with E-state index in [1.807, 2.05) is 0 Å². The fourth-order valence-electron chi connectivity index (χ4n) is 20.0. The lowest BCUT2D eigenvalue weighted by atomic mass is 9.81. The van der Waals surface area contributed by atoms with Gasteiger partial charge in [-0.1, -0.05) is 488 Å². The molecule has 660 valence electrons. The summed E-state index contributed by atoms with van der Waals surface area (Å²) in [4.78, 5) is 0. The van der Waals surface area contributed by atoms with Gasteiger partial charge in [0, 0.05) is 23.7 Å². The first-order chi connectivity index (χ1) is 66.5. The third-order valence-corrected chi connectivity index (χ3v) is 27.9. The highest BCUT2D eigenvalue weighted by Gasteiger charge is 2.26. The van der Waals surface area contributed by atoms with E-state index in [1.54, 1.807) is 11.1 Å². The van der Waals surface area contributed by atoms with Gasteiger partial charge in [0.15, 0.2) is 0 Å². The van der Waals surface area contributed by atoms with Crippen molar-refractivity contribution in [3.8, 4) is 100 Å². The monoisotopic (exact) mass is 1750 g/mol. The van der Waals surface area contributed by atoms with Gasteiger partial charge in [0.25, 0.3) is 0 Å². The molecule has 20 aromatic rings. The van der Waals surface area contributed by atoms with Crippen molar-refractivity contribution in [2.24, 2.45) is 0 Å². The second-order valence-corrected chi connectivity index (χ2v) is 37.6. The van der Waals surface area contributed by atoms with Gasteiger partial charge in [0.05, 0.1) is 0 Å². The van der Waals surface area contributed by atoms with E-state index in [1.165, 1.54) is 235 Å². The van der Waals surface area contributed by atoms with Crippen LogP contribution in [0.15, 0.2) is 473 Å². The number of aryl methyl sites for hydroxylation is 12. The van der Waals surface area contributed by atoms with Crippen LogP contribution in [-0.2, 0) is 12.8 Å². The lowest BCUT2D eigenvalue weighted by Crippen LogP contribution is -2.07. The lowest BCUT2D eigenvalue weighted by molar-refractivity contribution is 0.837. The Kier molecular flexibility index (Phi) is 26.9. The van der Waals surface area contributed by atoms with E-state index in [0.717, 1.165) is 0 Å². The second-order valence-electron chi connectivity index (χ2n) is 37.6. The second kappa shape index (κ2) is 40.9. The minimum atomic E-state index is 0.0184. The highest BCUT2D eigenvalue weighted by atomic mass is 14.3.